The molecule has 1 aromatic heterocycles. The van der Waals surface area contributed by atoms with E-state index in [2.05, 4.69) is 16.0 Å². The van der Waals surface area contributed by atoms with Gasteiger partial charge in [0.1, 0.15) is 11.6 Å². The van der Waals surface area contributed by atoms with Gasteiger partial charge < -0.3 is 4.74 Å². The zero-order chi connectivity index (χ0) is 19.2. The smallest absolute Gasteiger partial charge is 0.279 e. The average Bonchev–Trinajstić information content (AvgIpc) is 3.18. The van der Waals surface area contributed by atoms with E-state index in [0.717, 1.165) is 5.69 Å². The van der Waals surface area contributed by atoms with Crippen molar-refractivity contribution in [3.05, 3.63) is 78.4 Å². The maximum absolute atomic E-state index is 12.9. The van der Waals surface area contributed by atoms with Crippen LogP contribution in [-0.2, 0) is 4.79 Å². The van der Waals surface area contributed by atoms with Gasteiger partial charge in [0, 0.05) is 6.20 Å². The van der Waals surface area contributed by atoms with Gasteiger partial charge in [-0.15, -0.1) is 0 Å². The van der Waals surface area contributed by atoms with Crippen LogP contribution in [0.2, 0.25) is 0 Å². The normalized spacial score (nSPS) is 11.5. The first-order valence-electron chi connectivity index (χ1n) is 8.15. The van der Waals surface area contributed by atoms with Gasteiger partial charge >= 0.3 is 0 Å². The predicted octanol–water partition coefficient (Wildman–Crippen LogP) is 2.24. The molecule has 1 heterocycles. The molecule has 1 atom stereocenters. The molecule has 0 spiro atoms. The topological polar surface area (TPSA) is 85.2 Å². The highest BCUT2D eigenvalue weighted by atomic mass is 19.1. The van der Waals surface area contributed by atoms with Gasteiger partial charge in [0.25, 0.3) is 11.8 Å². The minimum atomic E-state index is -0.886. The van der Waals surface area contributed by atoms with Crippen molar-refractivity contribution in [2.75, 3.05) is 0 Å². The van der Waals surface area contributed by atoms with Gasteiger partial charge in [-0.2, -0.15) is 5.10 Å². The van der Waals surface area contributed by atoms with E-state index in [4.69, 9.17) is 4.74 Å². The van der Waals surface area contributed by atoms with Gasteiger partial charge in [-0.1, -0.05) is 18.2 Å². The van der Waals surface area contributed by atoms with Gasteiger partial charge in [-0.3, -0.25) is 20.4 Å². The van der Waals surface area contributed by atoms with Gasteiger partial charge in [0.2, 0.25) is 0 Å². The molecule has 0 aliphatic heterocycles. The van der Waals surface area contributed by atoms with Gasteiger partial charge in [-0.05, 0) is 43.3 Å². The number of hydrogen-bond acceptors (Lipinski definition) is 4. The van der Waals surface area contributed by atoms with E-state index in [-0.39, 0.29) is 5.56 Å². The SMILES string of the molecule is C[C@H](Oc1ccc(F)cc1)C(=O)NNC(=O)c1cnn(-c2ccccc2)c1. The second-order valence-electron chi connectivity index (χ2n) is 5.67. The van der Waals surface area contributed by atoms with Crippen LogP contribution >= 0.6 is 0 Å². The number of hydrogen-bond donors (Lipinski definition) is 2. The van der Waals surface area contributed by atoms with Crippen LogP contribution in [0.4, 0.5) is 4.39 Å². The number of hydrazine groups is 1. The summed E-state index contributed by atoms with van der Waals surface area (Å²) in [5.41, 5.74) is 5.69. The van der Waals surface area contributed by atoms with Crippen LogP contribution in [-0.4, -0.2) is 27.7 Å². The lowest BCUT2D eigenvalue weighted by Crippen LogP contribution is -2.47. The van der Waals surface area contributed by atoms with E-state index in [9.17, 15) is 14.0 Å². The van der Waals surface area contributed by atoms with Gasteiger partial charge in [0.05, 0.1) is 17.4 Å². The molecule has 0 bridgehead atoms. The minimum Gasteiger partial charge on any atom is -0.481 e. The summed E-state index contributed by atoms with van der Waals surface area (Å²) in [6, 6.07) is 14.6. The zero-order valence-corrected chi connectivity index (χ0v) is 14.4. The number of halogens is 1. The Balaban J connectivity index is 1.53. The quantitative estimate of drug-likeness (QED) is 0.677. The van der Waals surface area contributed by atoms with E-state index in [1.165, 1.54) is 37.4 Å². The van der Waals surface area contributed by atoms with Crippen molar-refractivity contribution < 1.29 is 18.7 Å². The Bertz CT molecular complexity index is 926. The molecule has 3 rings (SSSR count). The van der Waals surface area contributed by atoms with E-state index in [1.807, 2.05) is 30.3 Å². The summed E-state index contributed by atoms with van der Waals surface area (Å²) in [6.45, 7) is 1.51. The molecule has 0 unspecified atom stereocenters. The summed E-state index contributed by atoms with van der Waals surface area (Å²) in [6.07, 6.45) is 2.06. The molecule has 8 heteroatoms. The van der Waals surface area contributed by atoms with Crippen molar-refractivity contribution in [2.45, 2.75) is 13.0 Å². The Labute approximate surface area is 154 Å². The fourth-order valence-electron chi connectivity index (χ4n) is 2.22. The first-order chi connectivity index (χ1) is 13.0. The monoisotopic (exact) mass is 368 g/mol. The summed E-state index contributed by atoms with van der Waals surface area (Å²) >= 11 is 0. The van der Waals surface area contributed by atoms with Crippen LogP contribution in [0, 0.1) is 5.82 Å². The number of aromatic nitrogens is 2. The Morgan fingerprint density at radius 3 is 2.48 bits per heavy atom. The van der Waals surface area contributed by atoms with E-state index >= 15 is 0 Å². The second kappa shape index (κ2) is 8.13. The van der Waals surface area contributed by atoms with Crippen molar-refractivity contribution in [3.63, 3.8) is 0 Å². The van der Waals surface area contributed by atoms with Crippen molar-refractivity contribution >= 4 is 11.8 Å². The molecule has 0 aliphatic carbocycles. The summed E-state index contributed by atoms with van der Waals surface area (Å²) < 4.78 is 19.8. The largest absolute Gasteiger partial charge is 0.481 e. The molecule has 3 aromatic rings. The number of nitrogens with one attached hydrogen (secondary N) is 2. The van der Waals surface area contributed by atoms with Crippen LogP contribution < -0.4 is 15.6 Å². The molecule has 138 valence electrons. The third-order valence-corrected chi connectivity index (χ3v) is 3.66. The zero-order valence-electron chi connectivity index (χ0n) is 14.4. The Kier molecular flexibility index (Phi) is 5.46. The Morgan fingerprint density at radius 1 is 1.07 bits per heavy atom. The molecule has 0 aliphatic rings. The fraction of sp³-hybridized carbons (Fsp3) is 0.105. The molecule has 0 saturated heterocycles. The van der Waals surface area contributed by atoms with Crippen molar-refractivity contribution in [2.24, 2.45) is 0 Å². The van der Waals surface area contributed by atoms with E-state index in [0.29, 0.717) is 5.75 Å². The van der Waals surface area contributed by atoms with E-state index < -0.39 is 23.7 Å². The first-order valence-corrected chi connectivity index (χ1v) is 8.15. The first kappa shape index (κ1) is 18.1. The van der Waals surface area contributed by atoms with Gasteiger partial charge in [0.15, 0.2) is 6.10 Å². The fourth-order valence-corrected chi connectivity index (χ4v) is 2.22. The third kappa shape index (κ3) is 4.69. The minimum absolute atomic E-state index is 0.284. The van der Waals surface area contributed by atoms with Crippen LogP contribution in [0.3, 0.4) is 0 Å². The van der Waals surface area contributed by atoms with Crippen LogP contribution in [0.1, 0.15) is 17.3 Å². The Morgan fingerprint density at radius 2 is 1.78 bits per heavy atom. The maximum Gasteiger partial charge on any atom is 0.279 e. The number of ether oxygens (including phenoxy) is 1. The van der Waals surface area contributed by atoms with E-state index in [1.54, 1.807) is 10.9 Å². The highest BCUT2D eigenvalue weighted by Crippen LogP contribution is 2.13. The highest BCUT2D eigenvalue weighted by molar-refractivity contribution is 5.95. The molecule has 2 aromatic carbocycles. The number of carbonyl (C=O) groups is 2. The summed E-state index contributed by atoms with van der Waals surface area (Å²) in [4.78, 5) is 24.2. The number of carbonyl (C=O) groups excluding carboxylic acids is 2. The summed E-state index contributed by atoms with van der Waals surface area (Å²) in [5.74, 6) is -1.13. The lowest BCUT2D eigenvalue weighted by molar-refractivity contribution is -0.128. The third-order valence-electron chi connectivity index (χ3n) is 3.66. The summed E-state index contributed by atoms with van der Waals surface area (Å²) in [7, 11) is 0. The Hall–Kier alpha value is -3.68. The number of amides is 2. The number of nitrogens with zero attached hydrogens (tertiary/aromatic N) is 2. The molecule has 0 saturated carbocycles. The molecular formula is C19H17FN4O3. The lowest BCUT2D eigenvalue weighted by atomic mass is 10.3. The molecule has 27 heavy (non-hydrogen) atoms. The molecule has 0 radical (unpaired) electrons. The predicted molar refractivity (Wildman–Crippen MR) is 95.7 cm³/mol. The van der Waals surface area contributed by atoms with Crippen LogP contribution in [0.15, 0.2) is 67.0 Å². The molecular weight excluding hydrogens is 351 g/mol. The lowest BCUT2D eigenvalue weighted by Gasteiger charge is -2.14. The number of rotatable bonds is 5. The van der Waals surface area contributed by atoms with Crippen molar-refractivity contribution in [3.8, 4) is 11.4 Å². The average molecular weight is 368 g/mol. The number of benzene rings is 2. The van der Waals surface area contributed by atoms with Gasteiger partial charge in [-0.25, -0.2) is 9.07 Å². The molecule has 0 fully saturated rings. The molecule has 2 N–H and O–H groups in total. The highest BCUT2D eigenvalue weighted by Gasteiger charge is 2.16. The molecule has 7 nitrogen and oxygen atoms in total. The number of para-hydroxylation sites is 1. The maximum atomic E-state index is 12.9. The van der Waals surface area contributed by atoms with Crippen molar-refractivity contribution in [1.82, 2.24) is 20.6 Å². The van der Waals surface area contributed by atoms with Crippen LogP contribution in [0.25, 0.3) is 5.69 Å². The standard InChI is InChI=1S/C19H17FN4O3/c1-13(27-17-9-7-15(20)8-10-17)18(25)22-23-19(26)14-11-21-24(12-14)16-5-3-2-4-6-16/h2-13H,1H3,(H,22,25)(H,23,26)/t13-/m0/s1. The summed E-state index contributed by atoms with van der Waals surface area (Å²) in [5, 5.41) is 4.12. The molecule has 2 amide bonds. The second-order valence-corrected chi connectivity index (χ2v) is 5.67. The van der Waals surface area contributed by atoms with Crippen molar-refractivity contribution in [1.29, 1.82) is 0 Å². The van der Waals surface area contributed by atoms with Crippen LogP contribution in [0.5, 0.6) is 5.75 Å².